The summed E-state index contributed by atoms with van der Waals surface area (Å²) in [5.74, 6) is -1.28. The smallest absolute Gasteiger partial charge is 0.316 e. The quantitative estimate of drug-likeness (QED) is 0.607. The van der Waals surface area contributed by atoms with Gasteiger partial charge in [0.15, 0.2) is 0 Å². The van der Waals surface area contributed by atoms with E-state index in [0.717, 1.165) is 24.6 Å². The summed E-state index contributed by atoms with van der Waals surface area (Å²) in [6, 6.07) is 4.00. The second kappa shape index (κ2) is 6.49. The molecule has 5 heteroatoms. The highest BCUT2D eigenvalue weighted by Crippen LogP contribution is 2.31. The summed E-state index contributed by atoms with van der Waals surface area (Å²) in [5.41, 5.74) is 6.10. The maximum atomic E-state index is 13.0. The first-order valence-electron chi connectivity index (χ1n) is 5.49. The molecule has 0 aliphatic rings. The summed E-state index contributed by atoms with van der Waals surface area (Å²) in [7, 11) is 0. The van der Waals surface area contributed by atoms with E-state index in [-0.39, 0.29) is 0 Å². The van der Waals surface area contributed by atoms with Gasteiger partial charge in [0.2, 0.25) is 0 Å². The van der Waals surface area contributed by atoms with Crippen molar-refractivity contribution in [3.63, 3.8) is 0 Å². The molecule has 0 aliphatic heterocycles. The monoisotopic (exact) mass is 257 g/mol. The molecule has 0 fully saturated rings. The van der Waals surface area contributed by atoms with E-state index in [4.69, 9.17) is 10.8 Å². The molecule has 0 radical (unpaired) electrons. The van der Waals surface area contributed by atoms with Crippen LogP contribution in [0.15, 0.2) is 23.1 Å². The van der Waals surface area contributed by atoms with E-state index in [1.54, 1.807) is 0 Å². The number of benzene rings is 1. The maximum Gasteiger partial charge on any atom is 0.316 e. The lowest BCUT2D eigenvalue weighted by Crippen LogP contribution is -2.16. The number of anilines is 1. The first-order chi connectivity index (χ1) is 8.04. The molecule has 1 aromatic carbocycles. The summed E-state index contributed by atoms with van der Waals surface area (Å²) in [4.78, 5) is 11.5. The number of carboxylic acid groups (broad SMARTS) is 1. The van der Waals surface area contributed by atoms with Crippen LogP contribution in [0.3, 0.4) is 0 Å². The van der Waals surface area contributed by atoms with Crippen molar-refractivity contribution < 1.29 is 14.3 Å². The molecule has 17 heavy (non-hydrogen) atoms. The molecule has 1 atom stereocenters. The number of nitrogens with two attached hydrogens (primary N) is 1. The third-order valence-corrected chi connectivity index (χ3v) is 3.67. The minimum atomic E-state index is -0.882. The number of carbonyl (C=O) groups is 1. The lowest BCUT2D eigenvalue weighted by atomic mass is 10.2. The van der Waals surface area contributed by atoms with Gasteiger partial charge in [-0.1, -0.05) is 19.8 Å². The number of halogens is 1. The van der Waals surface area contributed by atoms with Crippen LogP contribution in [0.2, 0.25) is 0 Å². The summed E-state index contributed by atoms with van der Waals surface area (Å²) >= 11 is 1.11. The summed E-state index contributed by atoms with van der Waals surface area (Å²) in [5, 5.41) is 8.50. The van der Waals surface area contributed by atoms with Crippen LogP contribution in [0.5, 0.6) is 0 Å². The highest BCUT2D eigenvalue weighted by Gasteiger charge is 2.19. The number of aliphatic carboxylic acids is 1. The van der Waals surface area contributed by atoms with Crippen molar-refractivity contribution >= 4 is 23.4 Å². The van der Waals surface area contributed by atoms with E-state index in [2.05, 4.69) is 0 Å². The maximum absolute atomic E-state index is 13.0. The topological polar surface area (TPSA) is 63.3 Å². The van der Waals surface area contributed by atoms with Crippen molar-refractivity contribution in [3.8, 4) is 0 Å². The van der Waals surface area contributed by atoms with Crippen molar-refractivity contribution in [2.45, 2.75) is 36.3 Å². The molecule has 3 N–H and O–H groups in total. The third-order valence-electron chi connectivity index (χ3n) is 2.34. The molecule has 1 aromatic rings. The predicted molar refractivity (Wildman–Crippen MR) is 67.6 cm³/mol. The molecule has 94 valence electrons. The average Bonchev–Trinajstić information content (AvgIpc) is 2.28. The van der Waals surface area contributed by atoms with Gasteiger partial charge < -0.3 is 10.8 Å². The van der Waals surface area contributed by atoms with Gasteiger partial charge in [0.1, 0.15) is 11.1 Å². The molecule has 0 aliphatic carbocycles. The predicted octanol–water partition coefficient (Wildman–Crippen LogP) is 3.14. The van der Waals surface area contributed by atoms with Gasteiger partial charge in [-0.05, 0) is 24.6 Å². The minimum Gasteiger partial charge on any atom is -0.480 e. The highest BCUT2D eigenvalue weighted by molar-refractivity contribution is 8.00. The van der Waals surface area contributed by atoms with E-state index in [9.17, 15) is 9.18 Å². The van der Waals surface area contributed by atoms with Crippen LogP contribution >= 0.6 is 11.8 Å². The Kier molecular flexibility index (Phi) is 5.28. The zero-order valence-corrected chi connectivity index (χ0v) is 10.5. The van der Waals surface area contributed by atoms with Gasteiger partial charge >= 0.3 is 5.97 Å². The first-order valence-corrected chi connectivity index (χ1v) is 6.37. The molecule has 0 aromatic heterocycles. The Bertz CT molecular complexity index is 398. The van der Waals surface area contributed by atoms with Crippen LogP contribution in [0.1, 0.15) is 26.2 Å². The van der Waals surface area contributed by atoms with Gasteiger partial charge in [0.05, 0.1) is 0 Å². The zero-order valence-electron chi connectivity index (χ0n) is 9.65. The van der Waals surface area contributed by atoms with Crippen molar-refractivity contribution in [1.82, 2.24) is 0 Å². The first kappa shape index (κ1) is 13.8. The molecule has 0 amide bonds. The van der Waals surface area contributed by atoms with Crippen LogP contribution in [0.4, 0.5) is 10.1 Å². The lowest BCUT2D eigenvalue weighted by Gasteiger charge is -2.12. The lowest BCUT2D eigenvalue weighted by molar-refractivity contribution is -0.136. The summed E-state index contributed by atoms with van der Waals surface area (Å²) in [6.07, 6.45) is 2.33. The van der Waals surface area contributed by atoms with E-state index in [0.29, 0.717) is 17.0 Å². The zero-order chi connectivity index (χ0) is 12.8. The standard InChI is InChI=1S/C12H16FNO2S/c1-2-3-4-10(12(15)16)17-11-7-8(13)5-6-9(11)14/h5-7,10H,2-4,14H2,1H3,(H,15,16). The molecular weight excluding hydrogens is 241 g/mol. The second-order valence-corrected chi connectivity index (χ2v) is 5.01. The number of carboxylic acids is 1. The van der Waals surface area contributed by atoms with Crippen molar-refractivity contribution in [3.05, 3.63) is 24.0 Å². The summed E-state index contributed by atoms with van der Waals surface area (Å²) < 4.78 is 13.0. The van der Waals surface area contributed by atoms with Gasteiger partial charge in [0, 0.05) is 10.6 Å². The number of rotatable bonds is 6. The molecule has 0 spiro atoms. The fourth-order valence-corrected chi connectivity index (χ4v) is 2.46. The van der Waals surface area contributed by atoms with E-state index >= 15 is 0 Å². The molecule has 0 saturated heterocycles. The highest BCUT2D eigenvalue weighted by atomic mass is 32.2. The Balaban J connectivity index is 2.78. The van der Waals surface area contributed by atoms with Crippen LogP contribution < -0.4 is 5.73 Å². The Morgan fingerprint density at radius 2 is 2.29 bits per heavy atom. The van der Waals surface area contributed by atoms with Gasteiger partial charge in [0.25, 0.3) is 0 Å². The fraction of sp³-hybridized carbons (Fsp3) is 0.417. The van der Waals surface area contributed by atoms with Gasteiger partial charge in [-0.15, -0.1) is 11.8 Å². The van der Waals surface area contributed by atoms with E-state index in [1.807, 2.05) is 6.92 Å². The van der Waals surface area contributed by atoms with Gasteiger partial charge in [-0.2, -0.15) is 0 Å². The van der Waals surface area contributed by atoms with Gasteiger partial charge in [-0.25, -0.2) is 4.39 Å². The second-order valence-electron chi connectivity index (χ2n) is 3.77. The molecule has 0 saturated carbocycles. The number of nitrogen functional groups attached to an aromatic ring is 1. The molecule has 1 rings (SSSR count). The number of hydrogen-bond donors (Lipinski definition) is 2. The molecule has 3 nitrogen and oxygen atoms in total. The van der Waals surface area contributed by atoms with Crippen molar-refractivity contribution in [1.29, 1.82) is 0 Å². The molecule has 0 bridgehead atoms. The van der Waals surface area contributed by atoms with Crippen LogP contribution in [-0.2, 0) is 4.79 Å². The Hall–Kier alpha value is -1.23. The van der Waals surface area contributed by atoms with Crippen LogP contribution in [0.25, 0.3) is 0 Å². The third kappa shape index (κ3) is 4.26. The fourth-order valence-electron chi connectivity index (χ4n) is 1.39. The average molecular weight is 257 g/mol. The van der Waals surface area contributed by atoms with E-state index in [1.165, 1.54) is 18.2 Å². The van der Waals surface area contributed by atoms with Crippen LogP contribution in [0, 0.1) is 5.82 Å². The largest absolute Gasteiger partial charge is 0.480 e. The normalized spacial score (nSPS) is 12.4. The number of unbranched alkanes of at least 4 members (excludes halogenated alkanes) is 1. The van der Waals surface area contributed by atoms with Crippen LogP contribution in [-0.4, -0.2) is 16.3 Å². The Morgan fingerprint density at radius 1 is 1.59 bits per heavy atom. The van der Waals surface area contributed by atoms with Gasteiger partial charge in [-0.3, -0.25) is 4.79 Å². The summed E-state index contributed by atoms with van der Waals surface area (Å²) in [6.45, 7) is 2.00. The number of hydrogen-bond acceptors (Lipinski definition) is 3. The molecule has 0 heterocycles. The molecule has 1 unspecified atom stereocenters. The molecular formula is C12H16FNO2S. The number of thioether (sulfide) groups is 1. The van der Waals surface area contributed by atoms with Crippen molar-refractivity contribution in [2.24, 2.45) is 0 Å². The Morgan fingerprint density at radius 3 is 2.88 bits per heavy atom. The SMILES string of the molecule is CCCCC(Sc1cc(F)ccc1N)C(=O)O. The minimum absolute atomic E-state index is 0.402. The van der Waals surface area contributed by atoms with E-state index < -0.39 is 17.0 Å². The van der Waals surface area contributed by atoms with Crippen molar-refractivity contribution in [2.75, 3.05) is 5.73 Å². The Labute approximate surface area is 104 Å².